The van der Waals surface area contributed by atoms with E-state index in [9.17, 15) is 5.26 Å². The molecular weight excluding hydrogens is 577 g/mol. The maximum Gasteiger partial charge on any atom is 0.203 e. The molecule has 0 saturated carbocycles. The fourth-order valence-electron chi connectivity index (χ4n) is 3.53. The molecule has 0 spiro atoms. The average Bonchev–Trinajstić information content (AvgIpc) is 3.24. The average molecular weight is 595 g/mol. The fraction of sp³-hybridized carbons (Fsp3) is 0.273. The van der Waals surface area contributed by atoms with E-state index in [0.29, 0.717) is 11.7 Å². The molecule has 0 bridgehead atoms. The number of pyridine rings is 1. The molecule has 0 saturated heterocycles. The molecule has 0 amide bonds. The molecule has 30 heavy (non-hydrogen) atoms. The van der Waals surface area contributed by atoms with Crippen LogP contribution in [0.5, 0.6) is 0 Å². The van der Waals surface area contributed by atoms with Crippen LogP contribution in [0, 0.1) is 11.3 Å². The summed E-state index contributed by atoms with van der Waals surface area (Å²) < 4.78 is 3.86. The third-order valence-electron chi connectivity index (χ3n) is 5.16. The van der Waals surface area contributed by atoms with E-state index in [1.165, 1.54) is 0 Å². The zero-order valence-electron chi connectivity index (χ0n) is 16.2. The SMILES string of the molecule is CCCCc1nc2ccc(Cl)nc2n1Cc1ccc(C2(C#N)N=CC(Br)=C2I)cc1. The van der Waals surface area contributed by atoms with E-state index < -0.39 is 5.54 Å². The van der Waals surface area contributed by atoms with Gasteiger partial charge in [0.2, 0.25) is 5.54 Å². The van der Waals surface area contributed by atoms with Crippen LogP contribution < -0.4 is 0 Å². The molecule has 3 aromatic rings. The summed E-state index contributed by atoms with van der Waals surface area (Å²) in [6, 6.07) is 14.1. The van der Waals surface area contributed by atoms with E-state index in [-0.39, 0.29) is 0 Å². The van der Waals surface area contributed by atoms with Gasteiger partial charge in [0.15, 0.2) is 5.65 Å². The van der Waals surface area contributed by atoms with E-state index in [1.54, 1.807) is 12.3 Å². The minimum Gasteiger partial charge on any atom is -0.308 e. The second-order valence-corrected chi connectivity index (χ2v) is 9.45. The Kier molecular flexibility index (Phi) is 6.28. The molecule has 8 heteroatoms. The quantitative estimate of drug-likeness (QED) is 0.248. The Morgan fingerprint density at radius 1 is 1.20 bits per heavy atom. The number of benzene rings is 1. The highest BCUT2D eigenvalue weighted by Crippen LogP contribution is 2.44. The number of aromatic nitrogens is 3. The number of fused-ring (bicyclic) bond motifs is 1. The van der Waals surface area contributed by atoms with Crippen molar-refractivity contribution in [2.75, 3.05) is 0 Å². The Morgan fingerprint density at radius 2 is 1.97 bits per heavy atom. The van der Waals surface area contributed by atoms with Crippen LogP contribution in [0.4, 0.5) is 0 Å². The molecule has 0 N–H and O–H groups in total. The van der Waals surface area contributed by atoms with E-state index in [0.717, 1.165) is 55.4 Å². The first-order valence-corrected chi connectivity index (χ1v) is 11.9. The van der Waals surface area contributed by atoms with Gasteiger partial charge in [-0.2, -0.15) is 5.26 Å². The smallest absolute Gasteiger partial charge is 0.203 e. The van der Waals surface area contributed by atoms with E-state index in [2.05, 4.69) is 66.1 Å². The molecule has 5 nitrogen and oxygen atoms in total. The van der Waals surface area contributed by atoms with Crippen molar-refractivity contribution in [3.63, 3.8) is 0 Å². The van der Waals surface area contributed by atoms with Gasteiger partial charge in [0.1, 0.15) is 22.6 Å². The highest BCUT2D eigenvalue weighted by atomic mass is 127. The molecule has 1 atom stereocenters. The summed E-state index contributed by atoms with van der Waals surface area (Å²) in [6.45, 7) is 2.81. The Hall–Kier alpha value is -1.76. The number of nitrogens with zero attached hydrogens (tertiary/aromatic N) is 5. The van der Waals surface area contributed by atoms with Crippen LogP contribution in [0.3, 0.4) is 0 Å². The van der Waals surface area contributed by atoms with Gasteiger partial charge in [-0.1, -0.05) is 49.2 Å². The molecule has 0 aliphatic carbocycles. The minimum absolute atomic E-state index is 0.461. The molecule has 0 fully saturated rings. The van der Waals surface area contributed by atoms with Crippen molar-refractivity contribution < 1.29 is 0 Å². The Morgan fingerprint density at radius 3 is 2.60 bits per heavy atom. The number of hydrogen-bond acceptors (Lipinski definition) is 4. The lowest BCUT2D eigenvalue weighted by Gasteiger charge is -2.20. The largest absolute Gasteiger partial charge is 0.308 e. The van der Waals surface area contributed by atoms with Gasteiger partial charge in [-0.15, -0.1) is 0 Å². The number of hydrogen-bond donors (Lipinski definition) is 0. The lowest BCUT2D eigenvalue weighted by molar-refractivity contribution is 0.685. The van der Waals surface area contributed by atoms with Crippen molar-refractivity contribution in [3.8, 4) is 6.07 Å². The zero-order chi connectivity index (χ0) is 21.3. The summed E-state index contributed by atoms with van der Waals surface area (Å²) in [4.78, 5) is 13.8. The molecule has 4 rings (SSSR count). The van der Waals surface area contributed by atoms with Crippen LogP contribution >= 0.6 is 50.1 Å². The topological polar surface area (TPSA) is 66.9 Å². The first kappa shape index (κ1) is 21.5. The lowest BCUT2D eigenvalue weighted by atomic mass is 9.92. The van der Waals surface area contributed by atoms with Gasteiger partial charge in [0, 0.05) is 17.1 Å². The number of allylic oxidation sites excluding steroid dienone is 1. The molecule has 1 aromatic carbocycles. The molecule has 1 aliphatic heterocycles. The van der Waals surface area contributed by atoms with E-state index in [1.807, 2.05) is 30.3 Å². The van der Waals surface area contributed by atoms with Gasteiger partial charge < -0.3 is 4.57 Å². The Balaban J connectivity index is 1.69. The molecule has 0 radical (unpaired) electrons. The number of halogens is 3. The molecule has 1 aliphatic rings. The van der Waals surface area contributed by atoms with Gasteiger partial charge in [-0.05, 0) is 68.2 Å². The van der Waals surface area contributed by atoms with Crippen molar-refractivity contribution in [2.24, 2.45) is 4.99 Å². The van der Waals surface area contributed by atoms with Crippen molar-refractivity contribution in [1.82, 2.24) is 14.5 Å². The van der Waals surface area contributed by atoms with Crippen LogP contribution in [0.1, 0.15) is 36.7 Å². The summed E-state index contributed by atoms with van der Waals surface area (Å²) in [5, 5.41) is 10.3. The normalized spacial score (nSPS) is 18.4. The highest BCUT2D eigenvalue weighted by molar-refractivity contribution is 14.1. The van der Waals surface area contributed by atoms with E-state index in [4.69, 9.17) is 16.6 Å². The van der Waals surface area contributed by atoms with Crippen LogP contribution in [-0.4, -0.2) is 20.7 Å². The monoisotopic (exact) mass is 593 g/mol. The number of nitriles is 1. The number of rotatable bonds is 6. The second kappa shape index (κ2) is 8.77. The van der Waals surface area contributed by atoms with Crippen molar-refractivity contribution in [1.29, 1.82) is 5.26 Å². The number of aliphatic imine (C=N–C) groups is 1. The fourth-order valence-corrected chi connectivity index (χ4v) is 4.78. The predicted molar refractivity (Wildman–Crippen MR) is 132 cm³/mol. The summed E-state index contributed by atoms with van der Waals surface area (Å²) >= 11 is 11.8. The Labute approximate surface area is 202 Å². The summed E-state index contributed by atoms with van der Waals surface area (Å²) in [5.74, 6) is 1.01. The number of aryl methyl sites for hydroxylation is 1. The number of imidazole rings is 1. The van der Waals surface area contributed by atoms with Crippen LogP contribution in [0.15, 0.2) is 49.5 Å². The second-order valence-electron chi connectivity index (χ2n) is 7.13. The summed E-state index contributed by atoms with van der Waals surface area (Å²) in [6.07, 6.45) is 4.76. The minimum atomic E-state index is -0.971. The van der Waals surface area contributed by atoms with Gasteiger partial charge in [0.25, 0.3) is 0 Å². The molecule has 1 unspecified atom stereocenters. The zero-order valence-corrected chi connectivity index (χ0v) is 20.7. The Bertz CT molecular complexity index is 1210. The summed E-state index contributed by atoms with van der Waals surface area (Å²) in [5.41, 5.74) is 2.64. The van der Waals surface area contributed by atoms with Crippen LogP contribution in [-0.2, 0) is 18.5 Å². The van der Waals surface area contributed by atoms with Crippen molar-refractivity contribution in [2.45, 2.75) is 38.3 Å². The maximum atomic E-state index is 9.84. The first-order valence-electron chi connectivity index (χ1n) is 9.62. The van der Waals surface area contributed by atoms with Gasteiger partial charge in [-0.3, -0.25) is 4.99 Å². The number of unbranched alkanes of at least 4 members (excludes halogenated alkanes) is 1. The van der Waals surface area contributed by atoms with Gasteiger partial charge >= 0.3 is 0 Å². The highest BCUT2D eigenvalue weighted by Gasteiger charge is 2.39. The standard InChI is InChI=1S/C22H18BrClIN5/c1-2-3-4-19-28-17-9-10-18(24)29-21(17)30(19)12-14-5-7-15(8-6-14)22(13-26)20(25)16(23)11-27-22/h5-11H,2-4,12H2,1H3. The third-order valence-corrected chi connectivity index (χ3v) is 8.08. The van der Waals surface area contributed by atoms with Crippen molar-refractivity contribution in [3.05, 3.63) is 66.6 Å². The molecule has 3 heterocycles. The molecule has 152 valence electrons. The van der Waals surface area contributed by atoms with E-state index >= 15 is 0 Å². The third kappa shape index (κ3) is 3.81. The molecular formula is C22H18BrClIN5. The predicted octanol–water partition coefficient (Wildman–Crippen LogP) is 6.32. The first-order chi connectivity index (χ1) is 14.5. The maximum absolute atomic E-state index is 9.84. The van der Waals surface area contributed by atoms with Crippen LogP contribution in [0.25, 0.3) is 11.2 Å². The summed E-state index contributed by atoms with van der Waals surface area (Å²) in [7, 11) is 0. The molecule has 2 aromatic heterocycles. The van der Waals surface area contributed by atoms with Crippen molar-refractivity contribution >= 4 is 67.5 Å². The lowest BCUT2D eigenvalue weighted by Crippen LogP contribution is -2.19. The van der Waals surface area contributed by atoms with Crippen LogP contribution in [0.2, 0.25) is 5.15 Å². The van der Waals surface area contributed by atoms with Gasteiger partial charge in [-0.25, -0.2) is 9.97 Å². The van der Waals surface area contributed by atoms with Gasteiger partial charge in [0.05, 0.1) is 10.1 Å².